The second-order valence-corrected chi connectivity index (χ2v) is 4.21. The molecule has 0 aromatic carbocycles. The molecule has 0 aliphatic heterocycles. The van der Waals surface area contributed by atoms with Gasteiger partial charge >= 0.3 is 0 Å². The van der Waals surface area contributed by atoms with Gasteiger partial charge in [0.2, 0.25) is 0 Å². The van der Waals surface area contributed by atoms with Crippen LogP contribution in [0.1, 0.15) is 32.9 Å². The highest BCUT2D eigenvalue weighted by molar-refractivity contribution is 5.52. The third-order valence-electron chi connectivity index (χ3n) is 2.50. The van der Waals surface area contributed by atoms with Crippen LogP contribution in [0.2, 0.25) is 0 Å². The van der Waals surface area contributed by atoms with Crippen molar-refractivity contribution >= 4 is 6.08 Å². The first-order chi connectivity index (χ1) is 8.19. The molecule has 1 N–H and O–H groups in total. The smallest absolute Gasteiger partial charge is 0.164 e. The molecule has 17 heavy (non-hydrogen) atoms. The summed E-state index contributed by atoms with van der Waals surface area (Å²) in [5.74, 6) is 0.833. The molecule has 1 rings (SSSR count). The molecule has 0 radical (unpaired) electrons. The zero-order valence-corrected chi connectivity index (χ0v) is 11.2. The molecule has 0 amide bonds. The van der Waals surface area contributed by atoms with Crippen LogP contribution in [-0.4, -0.2) is 29.5 Å². The Hall–Kier alpha value is -1.29. The fraction of sp³-hybridized carbons (Fsp3) is 0.615. The van der Waals surface area contributed by atoms with Crippen molar-refractivity contribution < 1.29 is 4.74 Å². The predicted octanol–water partition coefficient (Wildman–Crippen LogP) is 2.31. The van der Waals surface area contributed by atoms with E-state index in [1.54, 1.807) is 13.3 Å². The first-order valence-corrected chi connectivity index (χ1v) is 6.18. The van der Waals surface area contributed by atoms with E-state index in [-0.39, 0.29) is 0 Å². The molecular formula is C13H23N3O. The lowest BCUT2D eigenvalue weighted by Gasteiger charge is -2.05. The molecule has 0 unspecified atom stereocenters. The summed E-state index contributed by atoms with van der Waals surface area (Å²) in [6.07, 6.45) is 7.00. The second kappa shape index (κ2) is 7.12. The van der Waals surface area contributed by atoms with Gasteiger partial charge in [0.15, 0.2) is 5.75 Å². The lowest BCUT2D eigenvalue weighted by molar-refractivity contribution is 0.412. The molecule has 0 saturated heterocycles. The van der Waals surface area contributed by atoms with E-state index < -0.39 is 0 Å². The van der Waals surface area contributed by atoms with Crippen molar-refractivity contribution in [3.8, 4) is 5.75 Å². The van der Waals surface area contributed by atoms with E-state index >= 15 is 0 Å². The third-order valence-corrected chi connectivity index (χ3v) is 2.50. The van der Waals surface area contributed by atoms with Crippen LogP contribution in [0.25, 0.3) is 6.08 Å². The second-order valence-electron chi connectivity index (χ2n) is 4.21. The Balaban J connectivity index is 2.54. The van der Waals surface area contributed by atoms with Gasteiger partial charge in [-0.2, -0.15) is 5.10 Å². The van der Waals surface area contributed by atoms with Gasteiger partial charge in [-0.05, 0) is 26.0 Å². The number of rotatable bonds is 7. The Kier molecular flexibility index (Phi) is 5.77. The van der Waals surface area contributed by atoms with Crippen molar-refractivity contribution in [1.29, 1.82) is 0 Å². The molecule has 0 fully saturated rings. The van der Waals surface area contributed by atoms with Gasteiger partial charge in [-0.15, -0.1) is 0 Å². The lowest BCUT2D eigenvalue weighted by Crippen LogP contribution is -2.23. The summed E-state index contributed by atoms with van der Waals surface area (Å²) in [6.45, 7) is 8.23. The van der Waals surface area contributed by atoms with Gasteiger partial charge in [-0.25, -0.2) is 0 Å². The molecular weight excluding hydrogens is 214 g/mol. The number of hydrogen-bond acceptors (Lipinski definition) is 3. The molecule has 1 heterocycles. The van der Waals surface area contributed by atoms with E-state index in [4.69, 9.17) is 4.74 Å². The predicted molar refractivity (Wildman–Crippen MR) is 71.2 cm³/mol. The van der Waals surface area contributed by atoms with Crippen LogP contribution in [0.5, 0.6) is 5.75 Å². The van der Waals surface area contributed by atoms with Crippen LogP contribution < -0.4 is 10.1 Å². The summed E-state index contributed by atoms with van der Waals surface area (Å²) in [4.78, 5) is 0. The topological polar surface area (TPSA) is 39.1 Å². The summed E-state index contributed by atoms with van der Waals surface area (Å²) < 4.78 is 7.21. The third kappa shape index (κ3) is 4.23. The molecule has 1 aromatic heterocycles. The first kappa shape index (κ1) is 13.8. The van der Waals surface area contributed by atoms with E-state index in [9.17, 15) is 0 Å². The van der Waals surface area contributed by atoms with Crippen molar-refractivity contribution in [1.82, 2.24) is 15.1 Å². The van der Waals surface area contributed by atoms with Crippen LogP contribution >= 0.6 is 0 Å². The Morgan fingerprint density at radius 2 is 2.29 bits per heavy atom. The molecule has 0 spiro atoms. The molecule has 0 bridgehead atoms. The quantitative estimate of drug-likeness (QED) is 0.740. The number of aryl methyl sites for hydroxylation is 1. The molecule has 0 atom stereocenters. The van der Waals surface area contributed by atoms with Crippen molar-refractivity contribution in [2.24, 2.45) is 0 Å². The molecule has 4 nitrogen and oxygen atoms in total. The van der Waals surface area contributed by atoms with Crippen molar-refractivity contribution in [2.45, 2.75) is 39.8 Å². The lowest BCUT2D eigenvalue weighted by atomic mass is 10.3. The largest absolute Gasteiger partial charge is 0.493 e. The van der Waals surface area contributed by atoms with E-state index in [0.29, 0.717) is 6.04 Å². The van der Waals surface area contributed by atoms with Crippen molar-refractivity contribution in [3.63, 3.8) is 0 Å². The van der Waals surface area contributed by atoms with Crippen LogP contribution in [0, 0.1) is 0 Å². The maximum absolute atomic E-state index is 5.27. The van der Waals surface area contributed by atoms with Gasteiger partial charge in [-0.3, -0.25) is 4.68 Å². The monoisotopic (exact) mass is 237 g/mol. The van der Waals surface area contributed by atoms with Gasteiger partial charge in [0.25, 0.3) is 0 Å². The van der Waals surface area contributed by atoms with Crippen molar-refractivity contribution in [3.05, 3.63) is 18.0 Å². The molecule has 0 aliphatic carbocycles. The molecule has 1 aromatic rings. The van der Waals surface area contributed by atoms with Gasteiger partial charge < -0.3 is 10.1 Å². The van der Waals surface area contributed by atoms with Crippen LogP contribution in [0.3, 0.4) is 0 Å². The van der Waals surface area contributed by atoms with E-state index in [0.717, 1.165) is 31.0 Å². The standard InChI is InChI=1S/C13H23N3O/c1-5-16-12(13(17-4)10-15-16)8-6-7-9-14-11(2)3/h6,8,10-11,14H,5,7,9H2,1-4H3/b8-6+. The van der Waals surface area contributed by atoms with Crippen LogP contribution in [0.4, 0.5) is 0 Å². The summed E-state index contributed by atoms with van der Waals surface area (Å²) in [6, 6.07) is 0.541. The number of nitrogens with zero attached hydrogens (tertiary/aromatic N) is 2. The minimum Gasteiger partial charge on any atom is -0.493 e. The average Bonchev–Trinajstić information content (AvgIpc) is 2.70. The molecule has 96 valence electrons. The van der Waals surface area contributed by atoms with Gasteiger partial charge in [0.1, 0.15) is 5.69 Å². The maximum Gasteiger partial charge on any atom is 0.164 e. The number of nitrogens with one attached hydrogen (secondary N) is 1. The fourth-order valence-electron chi connectivity index (χ4n) is 1.61. The number of aromatic nitrogens is 2. The molecule has 4 heteroatoms. The molecule has 0 saturated carbocycles. The van der Waals surface area contributed by atoms with E-state index in [1.165, 1.54) is 0 Å². The zero-order valence-electron chi connectivity index (χ0n) is 11.2. The zero-order chi connectivity index (χ0) is 12.7. The Labute approximate surface area is 104 Å². The number of ether oxygens (including phenoxy) is 1. The van der Waals surface area contributed by atoms with Gasteiger partial charge in [-0.1, -0.05) is 19.9 Å². The summed E-state index contributed by atoms with van der Waals surface area (Å²) in [5.41, 5.74) is 1.04. The van der Waals surface area contributed by atoms with Crippen LogP contribution in [0.15, 0.2) is 12.3 Å². The summed E-state index contributed by atoms with van der Waals surface area (Å²) >= 11 is 0. The maximum atomic E-state index is 5.27. The highest BCUT2D eigenvalue weighted by Crippen LogP contribution is 2.18. The van der Waals surface area contributed by atoms with E-state index in [1.807, 2.05) is 4.68 Å². The average molecular weight is 237 g/mol. The number of hydrogen-bond donors (Lipinski definition) is 1. The Morgan fingerprint density at radius 1 is 1.53 bits per heavy atom. The highest BCUT2D eigenvalue weighted by atomic mass is 16.5. The van der Waals surface area contributed by atoms with Gasteiger partial charge in [0.05, 0.1) is 13.3 Å². The normalized spacial score (nSPS) is 11.6. The Morgan fingerprint density at radius 3 is 2.88 bits per heavy atom. The SMILES string of the molecule is CCn1ncc(OC)c1/C=C/CCNC(C)C. The minimum atomic E-state index is 0.541. The summed E-state index contributed by atoms with van der Waals surface area (Å²) in [5, 5.41) is 7.64. The minimum absolute atomic E-state index is 0.541. The highest BCUT2D eigenvalue weighted by Gasteiger charge is 2.05. The summed E-state index contributed by atoms with van der Waals surface area (Å²) in [7, 11) is 1.68. The Bertz CT molecular complexity index is 334. The molecule has 0 aliphatic rings. The van der Waals surface area contributed by atoms with E-state index in [2.05, 4.69) is 43.3 Å². The van der Waals surface area contributed by atoms with Gasteiger partial charge in [0, 0.05) is 12.6 Å². The van der Waals surface area contributed by atoms with Crippen LogP contribution in [-0.2, 0) is 6.54 Å². The van der Waals surface area contributed by atoms with Crippen molar-refractivity contribution in [2.75, 3.05) is 13.7 Å². The fourth-order valence-corrected chi connectivity index (χ4v) is 1.61. The number of methoxy groups -OCH3 is 1. The first-order valence-electron chi connectivity index (χ1n) is 6.18.